The second-order valence-electron chi connectivity index (χ2n) is 3.68. The van der Waals surface area contributed by atoms with Gasteiger partial charge < -0.3 is 10.1 Å². The van der Waals surface area contributed by atoms with E-state index in [1.54, 1.807) is 7.11 Å². The van der Waals surface area contributed by atoms with Gasteiger partial charge >= 0.3 is 0 Å². The first-order valence-corrected chi connectivity index (χ1v) is 6.78. The lowest BCUT2D eigenvalue weighted by Gasteiger charge is -2.09. The highest BCUT2D eigenvalue weighted by atomic mass is 32.2. The molecule has 4 heteroatoms. The molecule has 1 N–H and O–H groups in total. The number of methoxy groups -OCH3 is 1. The van der Waals surface area contributed by atoms with Gasteiger partial charge in [0.15, 0.2) is 0 Å². The van der Waals surface area contributed by atoms with Gasteiger partial charge in [0.2, 0.25) is 5.88 Å². The number of aromatic nitrogens is 1. The second-order valence-corrected chi connectivity index (χ2v) is 4.96. The molecule has 0 spiro atoms. The summed E-state index contributed by atoms with van der Waals surface area (Å²) in [5.41, 5.74) is 1.02. The lowest BCUT2D eigenvalue weighted by molar-refractivity contribution is 0.395. The third-order valence-corrected chi connectivity index (χ3v) is 3.47. The fourth-order valence-corrected chi connectivity index (χ4v) is 1.66. The molecule has 90 valence electrons. The number of rotatable bonds is 7. The van der Waals surface area contributed by atoms with Gasteiger partial charge in [-0.15, -0.1) is 0 Å². The van der Waals surface area contributed by atoms with E-state index in [9.17, 15) is 0 Å². The zero-order valence-corrected chi connectivity index (χ0v) is 11.0. The molecular formula is C12H20N2OS. The van der Waals surface area contributed by atoms with E-state index in [0.29, 0.717) is 11.1 Å². The number of thioether (sulfide) groups is 1. The molecule has 1 heterocycles. The van der Waals surface area contributed by atoms with Crippen LogP contribution < -0.4 is 10.1 Å². The smallest absolute Gasteiger partial charge is 0.213 e. The summed E-state index contributed by atoms with van der Waals surface area (Å²) in [5.74, 6) is 0.678. The van der Waals surface area contributed by atoms with Crippen LogP contribution in [0.1, 0.15) is 19.0 Å². The molecule has 1 aromatic heterocycles. The third-order valence-electron chi connectivity index (χ3n) is 2.43. The Morgan fingerprint density at radius 1 is 1.50 bits per heavy atom. The van der Waals surface area contributed by atoms with Gasteiger partial charge in [-0.05, 0) is 25.3 Å². The van der Waals surface area contributed by atoms with Gasteiger partial charge in [-0.25, -0.2) is 4.98 Å². The average Bonchev–Trinajstić information content (AvgIpc) is 2.34. The van der Waals surface area contributed by atoms with Crippen molar-refractivity contribution >= 4 is 11.8 Å². The van der Waals surface area contributed by atoms with E-state index < -0.39 is 0 Å². The molecule has 0 saturated heterocycles. The van der Waals surface area contributed by atoms with E-state index in [1.165, 1.54) is 6.42 Å². The number of pyridine rings is 1. The van der Waals surface area contributed by atoms with Crippen LogP contribution in [0.2, 0.25) is 0 Å². The van der Waals surface area contributed by atoms with Crippen molar-refractivity contribution in [3.8, 4) is 5.88 Å². The summed E-state index contributed by atoms with van der Waals surface area (Å²) in [7, 11) is 1.64. The monoisotopic (exact) mass is 240 g/mol. The lowest BCUT2D eigenvalue weighted by atomic mass is 10.3. The Morgan fingerprint density at radius 2 is 2.31 bits per heavy atom. The molecule has 0 amide bonds. The van der Waals surface area contributed by atoms with Gasteiger partial charge in [0, 0.05) is 17.9 Å². The zero-order chi connectivity index (χ0) is 11.8. The summed E-state index contributed by atoms with van der Waals surface area (Å²) in [6.07, 6.45) is 3.33. The molecule has 0 fully saturated rings. The van der Waals surface area contributed by atoms with Crippen molar-refractivity contribution in [2.75, 3.05) is 19.9 Å². The summed E-state index contributed by atoms with van der Waals surface area (Å²) in [6, 6.07) is 5.83. The van der Waals surface area contributed by atoms with Crippen LogP contribution in [-0.4, -0.2) is 30.1 Å². The maximum atomic E-state index is 5.07. The van der Waals surface area contributed by atoms with Crippen LogP contribution in [-0.2, 0) is 6.54 Å². The maximum absolute atomic E-state index is 5.07. The van der Waals surface area contributed by atoms with Gasteiger partial charge in [-0.1, -0.05) is 13.0 Å². The van der Waals surface area contributed by atoms with Crippen LogP contribution in [0.5, 0.6) is 5.88 Å². The average molecular weight is 240 g/mol. The fraction of sp³-hybridized carbons (Fsp3) is 0.583. The summed E-state index contributed by atoms with van der Waals surface area (Å²) in [6.45, 7) is 4.08. The van der Waals surface area contributed by atoms with E-state index in [4.69, 9.17) is 4.74 Å². The number of nitrogens with zero attached hydrogens (tertiary/aromatic N) is 1. The first-order chi connectivity index (χ1) is 7.76. The third kappa shape index (κ3) is 4.86. The Balaban J connectivity index is 2.26. The minimum absolute atomic E-state index is 0.678. The molecule has 1 atom stereocenters. The largest absolute Gasteiger partial charge is 0.481 e. The van der Waals surface area contributed by atoms with E-state index in [2.05, 4.69) is 23.5 Å². The minimum Gasteiger partial charge on any atom is -0.481 e. The van der Waals surface area contributed by atoms with Crippen LogP contribution in [0.3, 0.4) is 0 Å². The molecule has 0 aliphatic carbocycles. The standard InChI is InChI=1S/C12H20N2OS/c1-10(16-3)7-8-13-9-11-5-4-6-12(14-11)15-2/h4-6,10,13H,7-9H2,1-3H3. The zero-order valence-electron chi connectivity index (χ0n) is 10.2. The minimum atomic E-state index is 0.678. The number of hydrogen-bond donors (Lipinski definition) is 1. The highest BCUT2D eigenvalue weighted by Gasteiger charge is 2.00. The number of nitrogens with one attached hydrogen (secondary N) is 1. The van der Waals surface area contributed by atoms with E-state index in [1.807, 2.05) is 30.0 Å². The van der Waals surface area contributed by atoms with Crippen LogP contribution in [0.4, 0.5) is 0 Å². The summed E-state index contributed by atoms with van der Waals surface area (Å²) < 4.78 is 5.07. The van der Waals surface area contributed by atoms with E-state index >= 15 is 0 Å². The highest BCUT2D eigenvalue weighted by molar-refractivity contribution is 7.99. The Hall–Kier alpha value is -0.740. The maximum Gasteiger partial charge on any atom is 0.213 e. The lowest BCUT2D eigenvalue weighted by Crippen LogP contribution is -2.18. The summed E-state index contributed by atoms with van der Waals surface area (Å²) in [4.78, 5) is 4.34. The fourth-order valence-electron chi connectivity index (χ4n) is 1.31. The first-order valence-electron chi connectivity index (χ1n) is 5.49. The van der Waals surface area contributed by atoms with Crippen LogP contribution in [0, 0.1) is 0 Å². The SMILES string of the molecule is COc1cccc(CNCCC(C)SC)n1. The van der Waals surface area contributed by atoms with Crippen molar-refractivity contribution < 1.29 is 4.74 Å². The molecular weight excluding hydrogens is 220 g/mol. The van der Waals surface area contributed by atoms with Crippen molar-refractivity contribution in [3.63, 3.8) is 0 Å². The second kappa shape index (κ2) is 7.52. The van der Waals surface area contributed by atoms with Crippen LogP contribution >= 0.6 is 11.8 Å². The molecule has 16 heavy (non-hydrogen) atoms. The van der Waals surface area contributed by atoms with E-state index in [-0.39, 0.29) is 0 Å². The molecule has 0 aliphatic heterocycles. The topological polar surface area (TPSA) is 34.1 Å². The predicted octanol–water partition coefficient (Wildman–Crippen LogP) is 2.32. The molecule has 1 aromatic rings. The Morgan fingerprint density at radius 3 is 3.00 bits per heavy atom. The van der Waals surface area contributed by atoms with Crippen molar-refractivity contribution in [3.05, 3.63) is 23.9 Å². The molecule has 1 rings (SSSR count). The van der Waals surface area contributed by atoms with Crippen molar-refractivity contribution in [1.29, 1.82) is 0 Å². The van der Waals surface area contributed by atoms with Gasteiger partial charge in [-0.3, -0.25) is 0 Å². The van der Waals surface area contributed by atoms with Crippen molar-refractivity contribution in [2.24, 2.45) is 0 Å². The Labute approximate surface area is 102 Å². The molecule has 0 bridgehead atoms. The predicted molar refractivity (Wildman–Crippen MR) is 70.1 cm³/mol. The van der Waals surface area contributed by atoms with E-state index in [0.717, 1.165) is 18.8 Å². The van der Waals surface area contributed by atoms with Crippen molar-refractivity contribution in [2.45, 2.75) is 25.1 Å². The molecule has 0 saturated carbocycles. The van der Waals surface area contributed by atoms with Gasteiger partial charge in [-0.2, -0.15) is 11.8 Å². The van der Waals surface area contributed by atoms with Crippen LogP contribution in [0.25, 0.3) is 0 Å². The highest BCUT2D eigenvalue weighted by Crippen LogP contribution is 2.09. The Bertz CT molecular complexity index is 307. The van der Waals surface area contributed by atoms with Gasteiger partial charge in [0.1, 0.15) is 0 Å². The Kier molecular flexibility index (Phi) is 6.26. The number of ether oxygens (including phenoxy) is 1. The van der Waals surface area contributed by atoms with Crippen molar-refractivity contribution in [1.82, 2.24) is 10.3 Å². The van der Waals surface area contributed by atoms with Gasteiger partial charge in [0.25, 0.3) is 0 Å². The normalized spacial score (nSPS) is 12.4. The molecule has 1 unspecified atom stereocenters. The first kappa shape index (κ1) is 13.3. The molecule has 0 aromatic carbocycles. The quantitative estimate of drug-likeness (QED) is 0.742. The summed E-state index contributed by atoms with van der Waals surface area (Å²) >= 11 is 1.90. The van der Waals surface area contributed by atoms with Crippen LogP contribution in [0.15, 0.2) is 18.2 Å². The molecule has 0 radical (unpaired) electrons. The van der Waals surface area contributed by atoms with Gasteiger partial charge in [0.05, 0.1) is 12.8 Å². The number of hydrogen-bond acceptors (Lipinski definition) is 4. The summed E-state index contributed by atoms with van der Waals surface area (Å²) in [5, 5.41) is 4.10. The molecule has 0 aliphatic rings. The molecule has 3 nitrogen and oxygen atoms in total.